The smallest absolute Gasteiger partial charge is 0.319 e. The standard InChI is InChI=1S/C32H40N6O3S/c1-4-30(40)38-18-17-37(19-23(38)14-15-33)31-27(13-11-25-10-12-26-22(2)7-5-9-29(26)42-25)28(20-39)34-32(35-31)41-21-24-8-6-16-36(24)3/h4-5,7,9,20,23-25H,1,6,8,10-14,16-19,21H2,2-3H3/t23?,24?,25-/m1/s1. The Balaban J connectivity index is 1.41. The predicted octanol–water partition coefficient (Wildman–Crippen LogP) is 4.23. The summed E-state index contributed by atoms with van der Waals surface area (Å²) in [5.74, 6) is 0.494. The molecular weight excluding hydrogens is 548 g/mol. The summed E-state index contributed by atoms with van der Waals surface area (Å²) in [6.45, 7) is 8.71. The van der Waals surface area contributed by atoms with Crippen LogP contribution < -0.4 is 9.64 Å². The third kappa shape index (κ3) is 6.63. The number of thioether (sulfide) groups is 1. The third-order valence-corrected chi connectivity index (χ3v) is 10.3. The van der Waals surface area contributed by atoms with E-state index in [9.17, 15) is 14.9 Å². The number of carbonyl (C=O) groups is 2. The molecule has 5 rings (SSSR count). The highest BCUT2D eigenvalue weighted by atomic mass is 32.2. The zero-order valence-electron chi connectivity index (χ0n) is 24.6. The number of nitrogens with zero attached hydrogens (tertiary/aromatic N) is 6. The van der Waals surface area contributed by atoms with Crippen LogP contribution in [0, 0.1) is 18.3 Å². The van der Waals surface area contributed by atoms with Crippen molar-refractivity contribution in [2.24, 2.45) is 0 Å². The van der Waals surface area contributed by atoms with Crippen LogP contribution in [0.4, 0.5) is 5.82 Å². The second-order valence-corrected chi connectivity index (χ2v) is 12.8. The fraction of sp³-hybridized carbons (Fsp3) is 0.531. The number of amides is 1. The zero-order valence-corrected chi connectivity index (χ0v) is 25.4. The number of anilines is 1. The molecule has 0 bridgehead atoms. The number of fused-ring (bicyclic) bond motifs is 1. The van der Waals surface area contributed by atoms with Crippen molar-refractivity contribution < 1.29 is 14.3 Å². The minimum absolute atomic E-state index is 0.180. The molecule has 1 aromatic carbocycles. The molecule has 0 N–H and O–H groups in total. The van der Waals surface area contributed by atoms with Crippen LogP contribution in [0.25, 0.3) is 0 Å². The van der Waals surface area contributed by atoms with E-state index in [1.54, 1.807) is 4.90 Å². The summed E-state index contributed by atoms with van der Waals surface area (Å²) in [6, 6.07) is 8.92. The van der Waals surface area contributed by atoms with Crippen molar-refractivity contribution in [3.63, 3.8) is 0 Å². The van der Waals surface area contributed by atoms with Gasteiger partial charge in [0, 0.05) is 41.4 Å². The van der Waals surface area contributed by atoms with Gasteiger partial charge in [0.2, 0.25) is 5.91 Å². The Morgan fingerprint density at radius 3 is 2.83 bits per heavy atom. The number of likely N-dealkylation sites (tertiary alicyclic amines) is 1. The molecule has 0 radical (unpaired) electrons. The van der Waals surface area contributed by atoms with E-state index in [0.717, 1.165) is 50.5 Å². The SMILES string of the molecule is C=CC(=O)N1CCN(c2nc(OCC3CCCN3C)nc(C=O)c2CC[C@H]2CCc3c(C)cccc3S2)CC1CC#N. The Hall–Kier alpha value is -3.42. The van der Waals surface area contributed by atoms with E-state index in [4.69, 9.17) is 9.72 Å². The Morgan fingerprint density at radius 1 is 1.24 bits per heavy atom. The van der Waals surface area contributed by atoms with Gasteiger partial charge in [0.25, 0.3) is 0 Å². The van der Waals surface area contributed by atoms with Crippen LogP contribution in [-0.2, 0) is 17.6 Å². The summed E-state index contributed by atoms with van der Waals surface area (Å²) in [5, 5.41) is 9.93. The summed E-state index contributed by atoms with van der Waals surface area (Å²) in [4.78, 5) is 41.9. The summed E-state index contributed by atoms with van der Waals surface area (Å²) < 4.78 is 6.10. The molecule has 222 valence electrons. The van der Waals surface area contributed by atoms with Crippen LogP contribution in [-0.4, -0.2) is 89.1 Å². The Morgan fingerprint density at radius 2 is 2.10 bits per heavy atom. The number of ether oxygens (including phenoxy) is 1. The number of hydrogen-bond donors (Lipinski definition) is 0. The van der Waals surface area contributed by atoms with Crippen molar-refractivity contribution in [2.45, 2.75) is 74.1 Å². The number of rotatable bonds is 10. The maximum atomic E-state index is 12.5. The van der Waals surface area contributed by atoms with Gasteiger partial charge in [0.15, 0.2) is 6.29 Å². The average molecular weight is 589 g/mol. The maximum absolute atomic E-state index is 12.5. The van der Waals surface area contributed by atoms with Crippen LogP contribution in [0.3, 0.4) is 0 Å². The van der Waals surface area contributed by atoms with Gasteiger partial charge in [-0.2, -0.15) is 15.2 Å². The predicted molar refractivity (Wildman–Crippen MR) is 164 cm³/mol. The second-order valence-electron chi connectivity index (χ2n) is 11.5. The van der Waals surface area contributed by atoms with Gasteiger partial charge in [-0.25, -0.2) is 0 Å². The topological polar surface area (TPSA) is 103 Å². The van der Waals surface area contributed by atoms with E-state index in [1.165, 1.54) is 22.1 Å². The largest absolute Gasteiger partial charge is 0.462 e. The molecule has 2 unspecified atom stereocenters. The first-order valence-electron chi connectivity index (χ1n) is 14.9. The number of carbonyl (C=O) groups excluding carboxylic acids is 2. The average Bonchev–Trinajstić information content (AvgIpc) is 3.42. The molecule has 42 heavy (non-hydrogen) atoms. The molecular formula is C32H40N6O3S. The molecule has 3 aliphatic rings. The molecule has 2 aromatic rings. The Bertz CT molecular complexity index is 1360. The van der Waals surface area contributed by atoms with Gasteiger partial charge < -0.3 is 19.4 Å². The third-order valence-electron chi connectivity index (χ3n) is 8.85. The fourth-order valence-corrected chi connectivity index (χ4v) is 7.78. The summed E-state index contributed by atoms with van der Waals surface area (Å²) in [6.07, 6.45) is 8.18. The number of aldehydes is 1. The van der Waals surface area contributed by atoms with E-state index >= 15 is 0 Å². The van der Waals surface area contributed by atoms with E-state index in [-0.39, 0.29) is 24.4 Å². The van der Waals surface area contributed by atoms with Crippen LogP contribution in [0.5, 0.6) is 6.01 Å². The molecule has 1 aromatic heterocycles. The molecule has 2 fully saturated rings. The lowest BCUT2D eigenvalue weighted by Crippen LogP contribution is -2.55. The first-order chi connectivity index (χ1) is 20.4. The monoisotopic (exact) mass is 588 g/mol. The number of aryl methyl sites for hydroxylation is 1. The lowest BCUT2D eigenvalue weighted by atomic mass is 9.98. The highest BCUT2D eigenvalue weighted by molar-refractivity contribution is 8.00. The highest BCUT2D eigenvalue weighted by Crippen LogP contribution is 2.39. The van der Waals surface area contributed by atoms with Gasteiger partial charge in [-0.15, -0.1) is 11.8 Å². The lowest BCUT2D eigenvalue weighted by molar-refractivity contribution is -0.128. The van der Waals surface area contributed by atoms with Crippen molar-refractivity contribution in [1.29, 1.82) is 5.26 Å². The van der Waals surface area contributed by atoms with E-state index in [1.807, 2.05) is 11.8 Å². The van der Waals surface area contributed by atoms with E-state index in [2.05, 4.69) is 59.6 Å². The van der Waals surface area contributed by atoms with Crippen LogP contribution in [0.1, 0.15) is 59.3 Å². The van der Waals surface area contributed by atoms with E-state index < -0.39 is 0 Å². The maximum Gasteiger partial charge on any atom is 0.319 e. The minimum atomic E-state index is -0.304. The molecule has 10 heteroatoms. The van der Waals surface area contributed by atoms with Crippen molar-refractivity contribution in [3.05, 3.63) is 53.2 Å². The molecule has 0 aliphatic carbocycles. The van der Waals surface area contributed by atoms with Crippen LogP contribution >= 0.6 is 11.8 Å². The van der Waals surface area contributed by atoms with Gasteiger partial charge >= 0.3 is 6.01 Å². The minimum Gasteiger partial charge on any atom is -0.462 e. The number of piperazine rings is 1. The van der Waals surface area contributed by atoms with Gasteiger partial charge in [0.05, 0.1) is 18.5 Å². The van der Waals surface area contributed by atoms with Gasteiger partial charge in [-0.1, -0.05) is 18.7 Å². The molecule has 3 atom stereocenters. The van der Waals surface area contributed by atoms with Crippen molar-refractivity contribution in [2.75, 3.05) is 44.7 Å². The fourth-order valence-electron chi connectivity index (χ4n) is 6.39. The molecule has 3 aliphatic heterocycles. The van der Waals surface area contributed by atoms with Crippen LogP contribution in [0.15, 0.2) is 35.7 Å². The normalized spacial score (nSPS) is 22.4. The number of benzene rings is 1. The van der Waals surface area contributed by atoms with Crippen molar-refractivity contribution in [1.82, 2.24) is 19.8 Å². The molecule has 2 saturated heterocycles. The van der Waals surface area contributed by atoms with Crippen molar-refractivity contribution in [3.8, 4) is 12.1 Å². The van der Waals surface area contributed by atoms with Crippen molar-refractivity contribution >= 4 is 29.8 Å². The first kappa shape index (κ1) is 30.1. The number of hydrogen-bond acceptors (Lipinski definition) is 9. The molecule has 0 spiro atoms. The highest BCUT2D eigenvalue weighted by Gasteiger charge is 2.33. The number of aromatic nitrogens is 2. The lowest BCUT2D eigenvalue weighted by Gasteiger charge is -2.41. The summed E-state index contributed by atoms with van der Waals surface area (Å²) >= 11 is 1.92. The van der Waals surface area contributed by atoms with Gasteiger partial charge in [-0.05, 0) is 82.3 Å². The van der Waals surface area contributed by atoms with E-state index in [0.29, 0.717) is 55.5 Å². The number of likely N-dealkylation sites (N-methyl/N-ethyl adjacent to an activating group) is 1. The van der Waals surface area contributed by atoms with Crippen LogP contribution in [0.2, 0.25) is 0 Å². The summed E-state index contributed by atoms with van der Waals surface area (Å²) in [5.41, 5.74) is 3.96. The van der Waals surface area contributed by atoms with Gasteiger partial charge in [0.1, 0.15) is 18.1 Å². The number of nitriles is 1. The Labute approximate surface area is 252 Å². The zero-order chi connectivity index (χ0) is 29.6. The molecule has 9 nitrogen and oxygen atoms in total. The molecule has 1 amide bonds. The molecule has 4 heterocycles. The Kier molecular flexibility index (Phi) is 9.80. The quantitative estimate of drug-likeness (QED) is 0.298. The first-order valence-corrected chi connectivity index (χ1v) is 15.8. The second kappa shape index (κ2) is 13.7. The molecule has 0 saturated carbocycles. The summed E-state index contributed by atoms with van der Waals surface area (Å²) in [7, 11) is 2.09. The van der Waals surface area contributed by atoms with Gasteiger partial charge in [-0.3, -0.25) is 9.59 Å².